The smallest absolute Gasteiger partial charge is 0.492 e. The molecule has 1 aromatic carbocycles. The minimum absolute atomic E-state index is 0.0944. The zero-order valence-corrected chi connectivity index (χ0v) is 8.67. The van der Waals surface area contributed by atoms with Gasteiger partial charge in [-0.15, -0.1) is 0 Å². The molecule has 0 bridgehead atoms. The van der Waals surface area contributed by atoms with Crippen LogP contribution in [0.15, 0.2) is 12.1 Å². The van der Waals surface area contributed by atoms with E-state index < -0.39 is 36.2 Å². The molecule has 1 rings (SSSR count). The van der Waals surface area contributed by atoms with Crippen molar-refractivity contribution < 1.29 is 29.4 Å². The fourth-order valence-electron chi connectivity index (χ4n) is 1.36. The molecule has 0 heterocycles. The number of aliphatic carboxylic acids is 1. The fraction of sp³-hybridized carbons (Fsp3) is 0.222. The highest BCUT2D eigenvalue weighted by Crippen LogP contribution is 2.18. The normalized spacial score (nSPS) is 12.2. The SMILES string of the molecule is NC(Cc1cc(F)cc(B(O)O)c1O)C(=O)O. The van der Waals surface area contributed by atoms with Gasteiger partial charge in [-0.1, -0.05) is 0 Å². The summed E-state index contributed by atoms with van der Waals surface area (Å²) in [5, 5.41) is 35.9. The summed E-state index contributed by atoms with van der Waals surface area (Å²) in [6.07, 6.45) is -0.321. The summed E-state index contributed by atoms with van der Waals surface area (Å²) in [6.45, 7) is 0. The lowest BCUT2D eigenvalue weighted by Crippen LogP contribution is -2.34. The Kier molecular flexibility index (Phi) is 4.05. The summed E-state index contributed by atoms with van der Waals surface area (Å²) in [7, 11) is -2.05. The second-order valence-electron chi connectivity index (χ2n) is 3.53. The first-order chi connectivity index (χ1) is 7.82. The summed E-state index contributed by atoms with van der Waals surface area (Å²) in [6, 6.07) is 0.325. The zero-order valence-electron chi connectivity index (χ0n) is 8.67. The van der Waals surface area contributed by atoms with Crippen molar-refractivity contribution in [3.05, 3.63) is 23.5 Å². The third-order valence-corrected chi connectivity index (χ3v) is 2.22. The van der Waals surface area contributed by atoms with E-state index in [1.54, 1.807) is 0 Å². The molecule has 0 aliphatic rings. The Hall–Kier alpha value is -1.64. The van der Waals surface area contributed by atoms with Gasteiger partial charge in [-0.2, -0.15) is 0 Å². The molecule has 6 N–H and O–H groups in total. The molecule has 17 heavy (non-hydrogen) atoms. The third-order valence-electron chi connectivity index (χ3n) is 2.22. The van der Waals surface area contributed by atoms with Crippen LogP contribution in [-0.2, 0) is 11.2 Å². The molecule has 1 atom stereocenters. The van der Waals surface area contributed by atoms with E-state index in [4.69, 9.17) is 20.9 Å². The summed E-state index contributed by atoms with van der Waals surface area (Å²) < 4.78 is 13.1. The summed E-state index contributed by atoms with van der Waals surface area (Å²) in [5.41, 5.74) is 4.71. The maximum Gasteiger partial charge on any atom is 0.492 e. The Labute approximate surface area is 96.3 Å². The van der Waals surface area contributed by atoms with E-state index in [1.807, 2.05) is 0 Å². The van der Waals surface area contributed by atoms with Gasteiger partial charge in [0.2, 0.25) is 0 Å². The number of nitrogens with two attached hydrogens (primary N) is 1. The molecule has 6 nitrogen and oxygen atoms in total. The van der Waals surface area contributed by atoms with Crippen LogP contribution >= 0.6 is 0 Å². The van der Waals surface area contributed by atoms with Crippen LogP contribution in [-0.4, -0.2) is 39.4 Å². The third kappa shape index (κ3) is 3.16. The van der Waals surface area contributed by atoms with E-state index in [0.717, 1.165) is 12.1 Å². The predicted octanol–water partition coefficient (Wildman–Crippen LogP) is -1.83. The number of benzene rings is 1. The van der Waals surface area contributed by atoms with E-state index in [9.17, 15) is 14.3 Å². The highest BCUT2D eigenvalue weighted by molar-refractivity contribution is 6.59. The van der Waals surface area contributed by atoms with Crippen molar-refractivity contribution in [3.63, 3.8) is 0 Å². The second kappa shape index (κ2) is 5.13. The topological polar surface area (TPSA) is 124 Å². The van der Waals surface area contributed by atoms with Gasteiger partial charge < -0.3 is 26.0 Å². The van der Waals surface area contributed by atoms with Gasteiger partial charge in [0.15, 0.2) is 0 Å². The first kappa shape index (κ1) is 13.4. The molecule has 0 spiro atoms. The summed E-state index contributed by atoms with van der Waals surface area (Å²) >= 11 is 0. The average Bonchev–Trinajstić information content (AvgIpc) is 2.22. The molecule has 0 aliphatic heterocycles. The number of carbonyl (C=O) groups is 1. The van der Waals surface area contributed by atoms with Gasteiger partial charge in [0.1, 0.15) is 17.6 Å². The van der Waals surface area contributed by atoms with Crippen molar-refractivity contribution >= 4 is 18.6 Å². The van der Waals surface area contributed by atoms with E-state index in [0.29, 0.717) is 0 Å². The number of aromatic hydroxyl groups is 1. The lowest BCUT2D eigenvalue weighted by Gasteiger charge is -2.12. The van der Waals surface area contributed by atoms with Gasteiger partial charge in [-0.25, -0.2) is 4.39 Å². The minimum Gasteiger partial charge on any atom is -0.508 e. The number of hydrogen-bond acceptors (Lipinski definition) is 5. The first-order valence-electron chi connectivity index (χ1n) is 4.68. The molecule has 92 valence electrons. The maximum absolute atomic E-state index is 13.1. The van der Waals surface area contributed by atoms with Gasteiger partial charge in [-0.05, 0) is 17.7 Å². The molecule has 0 saturated carbocycles. The van der Waals surface area contributed by atoms with Crippen LogP contribution in [0.25, 0.3) is 0 Å². The molecule has 0 saturated heterocycles. The monoisotopic (exact) mass is 243 g/mol. The number of carboxylic acid groups (broad SMARTS) is 1. The maximum atomic E-state index is 13.1. The largest absolute Gasteiger partial charge is 0.508 e. The van der Waals surface area contributed by atoms with Crippen molar-refractivity contribution in [1.82, 2.24) is 0 Å². The number of carboxylic acids is 1. The van der Waals surface area contributed by atoms with Crippen LogP contribution in [0.3, 0.4) is 0 Å². The molecule has 1 aromatic rings. The molecule has 8 heteroatoms. The van der Waals surface area contributed by atoms with Crippen LogP contribution in [0.1, 0.15) is 5.56 Å². The molecular weight excluding hydrogens is 232 g/mol. The van der Waals surface area contributed by atoms with Gasteiger partial charge >= 0.3 is 13.1 Å². The Balaban J connectivity index is 3.11. The number of rotatable bonds is 4. The lowest BCUT2D eigenvalue weighted by atomic mass is 9.78. The predicted molar refractivity (Wildman–Crippen MR) is 57.2 cm³/mol. The van der Waals surface area contributed by atoms with Crippen LogP contribution in [0.4, 0.5) is 4.39 Å². The van der Waals surface area contributed by atoms with Crippen LogP contribution < -0.4 is 11.2 Å². The van der Waals surface area contributed by atoms with Crippen molar-refractivity contribution in [2.24, 2.45) is 5.73 Å². The highest BCUT2D eigenvalue weighted by atomic mass is 19.1. The average molecular weight is 243 g/mol. The van der Waals surface area contributed by atoms with Crippen molar-refractivity contribution in [2.45, 2.75) is 12.5 Å². The molecule has 0 amide bonds. The lowest BCUT2D eigenvalue weighted by molar-refractivity contribution is -0.138. The molecule has 1 unspecified atom stereocenters. The first-order valence-corrected chi connectivity index (χ1v) is 4.68. The zero-order chi connectivity index (χ0) is 13.2. The van der Waals surface area contributed by atoms with E-state index in [1.165, 1.54) is 0 Å². The van der Waals surface area contributed by atoms with Gasteiger partial charge in [0.25, 0.3) is 0 Å². The van der Waals surface area contributed by atoms with Crippen molar-refractivity contribution in [1.29, 1.82) is 0 Å². The Bertz CT molecular complexity index is 440. The number of phenolic OH excluding ortho intramolecular Hbond substituents is 1. The van der Waals surface area contributed by atoms with Crippen LogP contribution in [0, 0.1) is 5.82 Å². The van der Waals surface area contributed by atoms with Crippen LogP contribution in [0.2, 0.25) is 0 Å². The second-order valence-corrected chi connectivity index (χ2v) is 3.53. The quantitative estimate of drug-likeness (QED) is 0.396. The highest BCUT2D eigenvalue weighted by Gasteiger charge is 2.22. The Morgan fingerprint density at radius 2 is 2.06 bits per heavy atom. The van der Waals surface area contributed by atoms with E-state index >= 15 is 0 Å². The minimum atomic E-state index is -2.05. The van der Waals surface area contributed by atoms with E-state index in [2.05, 4.69) is 0 Å². The van der Waals surface area contributed by atoms with Gasteiger partial charge in [-0.3, -0.25) is 4.79 Å². The fourth-order valence-corrected chi connectivity index (χ4v) is 1.36. The summed E-state index contributed by atoms with van der Waals surface area (Å²) in [5.74, 6) is -2.70. The molecule has 0 fully saturated rings. The number of phenols is 1. The van der Waals surface area contributed by atoms with Crippen molar-refractivity contribution in [3.8, 4) is 5.75 Å². The number of halogens is 1. The van der Waals surface area contributed by atoms with Gasteiger partial charge in [0, 0.05) is 11.9 Å². The molecule has 0 radical (unpaired) electrons. The van der Waals surface area contributed by atoms with Gasteiger partial charge in [0.05, 0.1) is 0 Å². The van der Waals surface area contributed by atoms with Crippen molar-refractivity contribution in [2.75, 3.05) is 0 Å². The van der Waals surface area contributed by atoms with E-state index in [-0.39, 0.29) is 12.0 Å². The summed E-state index contributed by atoms with van der Waals surface area (Å²) in [4.78, 5) is 10.5. The Morgan fingerprint density at radius 1 is 1.47 bits per heavy atom. The molecular formula is C9H11BFNO5. The van der Waals surface area contributed by atoms with Crippen LogP contribution in [0.5, 0.6) is 5.75 Å². The molecule has 0 aliphatic carbocycles. The number of hydrogen-bond donors (Lipinski definition) is 5. The Morgan fingerprint density at radius 3 is 2.53 bits per heavy atom. The molecule has 0 aromatic heterocycles. The standard InChI is InChI=1S/C9H11BFNO5/c11-5-1-4(2-7(12)9(14)15)8(13)6(3-5)10(16)17/h1,3,7,13,16-17H,2,12H2,(H,14,15).